The number of aromatic nitrogens is 2. The van der Waals surface area contributed by atoms with Gasteiger partial charge in [-0.25, -0.2) is 0 Å². The molecular weight excluding hydrogens is 502 g/mol. The van der Waals surface area contributed by atoms with Crippen LogP contribution < -0.4 is 21.1 Å². The molecule has 204 valence electrons. The van der Waals surface area contributed by atoms with Crippen LogP contribution in [0.4, 0.5) is 11.4 Å². The van der Waals surface area contributed by atoms with Crippen LogP contribution in [0.2, 0.25) is 0 Å². The maximum absolute atomic E-state index is 13.2. The number of carbonyl (C=O) groups excluding carboxylic acids is 2. The number of primary amides is 1. The average Bonchev–Trinajstić information content (AvgIpc) is 2.93. The van der Waals surface area contributed by atoms with E-state index in [1.54, 1.807) is 24.5 Å². The SMILES string of the molecule is C=C(Nc1ccc(OCc2ccccn2)cc1)c1cc(NC(=O)c2cc(C(N)=O)cc(C(C)(C)C)c2)cnc1C. The maximum atomic E-state index is 13.2. The Bertz CT molecular complexity index is 1540. The summed E-state index contributed by atoms with van der Waals surface area (Å²) in [6.07, 6.45) is 3.32. The molecule has 0 unspecified atom stereocenters. The van der Waals surface area contributed by atoms with Gasteiger partial charge in [0.05, 0.1) is 17.6 Å². The first-order valence-electron chi connectivity index (χ1n) is 12.8. The first-order chi connectivity index (χ1) is 19.0. The Morgan fingerprint density at radius 3 is 2.30 bits per heavy atom. The van der Waals surface area contributed by atoms with Gasteiger partial charge in [0, 0.05) is 40.0 Å². The van der Waals surface area contributed by atoms with Gasteiger partial charge in [0.15, 0.2) is 0 Å². The van der Waals surface area contributed by atoms with Gasteiger partial charge in [0.1, 0.15) is 12.4 Å². The molecule has 2 aromatic heterocycles. The van der Waals surface area contributed by atoms with Crippen LogP contribution in [0.5, 0.6) is 5.75 Å². The van der Waals surface area contributed by atoms with Crippen LogP contribution in [0, 0.1) is 6.92 Å². The molecule has 4 rings (SSSR count). The maximum Gasteiger partial charge on any atom is 0.255 e. The lowest BCUT2D eigenvalue weighted by Gasteiger charge is -2.21. The summed E-state index contributed by atoms with van der Waals surface area (Å²) in [6.45, 7) is 12.4. The number of hydrogen-bond acceptors (Lipinski definition) is 6. The highest BCUT2D eigenvalue weighted by atomic mass is 16.5. The minimum absolute atomic E-state index is 0.272. The van der Waals surface area contributed by atoms with Crippen molar-refractivity contribution in [2.75, 3.05) is 10.6 Å². The van der Waals surface area contributed by atoms with E-state index in [1.807, 2.05) is 76.2 Å². The van der Waals surface area contributed by atoms with E-state index in [2.05, 4.69) is 27.2 Å². The molecule has 2 aromatic carbocycles. The van der Waals surface area contributed by atoms with E-state index in [0.717, 1.165) is 34.0 Å². The number of hydrogen-bond donors (Lipinski definition) is 3. The Kier molecular flexibility index (Phi) is 8.29. The summed E-state index contributed by atoms with van der Waals surface area (Å²) < 4.78 is 5.80. The second kappa shape index (κ2) is 11.8. The molecule has 0 fully saturated rings. The minimum Gasteiger partial charge on any atom is -0.487 e. The predicted octanol–water partition coefficient (Wildman–Crippen LogP) is 6.10. The van der Waals surface area contributed by atoms with Crippen LogP contribution >= 0.6 is 0 Å². The summed E-state index contributed by atoms with van der Waals surface area (Å²) in [5, 5.41) is 6.17. The highest BCUT2D eigenvalue weighted by molar-refractivity contribution is 6.06. The molecule has 0 aliphatic rings. The van der Waals surface area contributed by atoms with Crippen LogP contribution in [0.1, 0.15) is 64.0 Å². The van der Waals surface area contributed by atoms with Crippen molar-refractivity contribution in [2.45, 2.75) is 39.7 Å². The van der Waals surface area contributed by atoms with Gasteiger partial charge in [-0.2, -0.15) is 0 Å². The molecule has 0 aliphatic heterocycles. The fraction of sp³-hybridized carbons (Fsp3) is 0.188. The monoisotopic (exact) mass is 535 g/mol. The van der Waals surface area contributed by atoms with Crippen molar-refractivity contribution in [3.05, 3.63) is 119 Å². The van der Waals surface area contributed by atoms with Gasteiger partial charge in [-0.15, -0.1) is 0 Å². The van der Waals surface area contributed by atoms with E-state index in [9.17, 15) is 9.59 Å². The van der Waals surface area contributed by atoms with E-state index < -0.39 is 5.91 Å². The fourth-order valence-electron chi connectivity index (χ4n) is 3.96. The molecule has 0 saturated heterocycles. The number of anilines is 2. The van der Waals surface area contributed by atoms with Crippen molar-refractivity contribution in [1.29, 1.82) is 0 Å². The number of nitrogens with zero attached hydrogens (tertiary/aromatic N) is 2. The Hall–Kier alpha value is -4.98. The van der Waals surface area contributed by atoms with Crippen molar-refractivity contribution >= 4 is 28.9 Å². The second-order valence-electron chi connectivity index (χ2n) is 10.5. The third-order valence-corrected chi connectivity index (χ3v) is 6.28. The zero-order valence-corrected chi connectivity index (χ0v) is 23.1. The Labute approximate surface area is 234 Å². The van der Waals surface area contributed by atoms with E-state index in [1.165, 1.54) is 6.07 Å². The van der Waals surface area contributed by atoms with Crippen LogP contribution in [-0.2, 0) is 12.0 Å². The topological polar surface area (TPSA) is 119 Å². The highest BCUT2D eigenvalue weighted by Gasteiger charge is 2.19. The zero-order valence-electron chi connectivity index (χ0n) is 23.1. The van der Waals surface area contributed by atoms with Crippen LogP contribution in [0.3, 0.4) is 0 Å². The van der Waals surface area contributed by atoms with E-state index in [0.29, 0.717) is 23.6 Å². The lowest BCUT2D eigenvalue weighted by atomic mass is 9.85. The average molecular weight is 536 g/mol. The Balaban J connectivity index is 1.45. The van der Waals surface area contributed by atoms with E-state index in [4.69, 9.17) is 10.5 Å². The Morgan fingerprint density at radius 1 is 0.925 bits per heavy atom. The standard InChI is InChI=1S/C32H33N5O3/c1-20-29(21(2)36-25-9-11-28(12-10-25)40-19-26-8-6-7-13-34-26)17-27(18-35-20)37-31(39)23-14-22(30(33)38)15-24(16-23)32(3,4)5/h6-18,36H,2,19H2,1,3-5H3,(H2,33,38)(H,37,39). The fourth-order valence-corrected chi connectivity index (χ4v) is 3.96. The number of rotatable bonds is 9. The summed E-state index contributed by atoms with van der Waals surface area (Å²) in [7, 11) is 0. The molecule has 0 radical (unpaired) electrons. The minimum atomic E-state index is -0.588. The zero-order chi connectivity index (χ0) is 28.9. The third-order valence-electron chi connectivity index (χ3n) is 6.28. The third kappa shape index (κ3) is 7.11. The lowest BCUT2D eigenvalue weighted by molar-refractivity contribution is 0.1000. The first-order valence-corrected chi connectivity index (χ1v) is 12.8. The molecule has 4 N–H and O–H groups in total. The molecule has 0 atom stereocenters. The van der Waals surface area contributed by atoms with Gasteiger partial charge in [0.25, 0.3) is 5.91 Å². The molecule has 8 heteroatoms. The van der Waals surface area contributed by atoms with Crippen molar-refractivity contribution in [1.82, 2.24) is 9.97 Å². The molecule has 0 bridgehead atoms. The van der Waals surface area contributed by atoms with Crippen molar-refractivity contribution in [3.63, 3.8) is 0 Å². The number of ether oxygens (including phenoxy) is 1. The summed E-state index contributed by atoms with van der Waals surface area (Å²) >= 11 is 0. The summed E-state index contributed by atoms with van der Waals surface area (Å²) in [5.74, 6) is -0.237. The number of nitrogens with one attached hydrogen (secondary N) is 2. The molecule has 2 heterocycles. The van der Waals surface area contributed by atoms with Crippen molar-refractivity contribution in [2.24, 2.45) is 5.73 Å². The lowest BCUT2D eigenvalue weighted by Crippen LogP contribution is -2.20. The largest absolute Gasteiger partial charge is 0.487 e. The van der Waals surface area contributed by atoms with Gasteiger partial charge < -0.3 is 21.1 Å². The van der Waals surface area contributed by atoms with Gasteiger partial charge >= 0.3 is 0 Å². The van der Waals surface area contributed by atoms with Crippen LogP contribution in [0.25, 0.3) is 5.70 Å². The first kappa shape index (κ1) is 28.0. The molecule has 40 heavy (non-hydrogen) atoms. The molecule has 0 spiro atoms. The summed E-state index contributed by atoms with van der Waals surface area (Å²) in [4.78, 5) is 33.7. The van der Waals surface area contributed by atoms with Crippen LogP contribution in [-0.4, -0.2) is 21.8 Å². The van der Waals surface area contributed by atoms with Gasteiger partial charge in [0.2, 0.25) is 5.91 Å². The number of amides is 2. The van der Waals surface area contributed by atoms with Gasteiger partial charge in [-0.05, 0) is 78.6 Å². The number of carbonyl (C=O) groups is 2. The second-order valence-corrected chi connectivity index (χ2v) is 10.5. The number of benzene rings is 2. The van der Waals surface area contributed by atoms with Crippen LogP contribution in [0.15, 0.2) is 85.7 Å². The molecule has 0 saturated carbocycles. The Morgan fingerprint density at radius 2 is 1.65 bits per heavy atom. The predicted molar refractivity (Wildman–Crippen MR) is 158 cm³/mol. The molecular formula is C32H33N5O3. The number of nitrogens with two attached hydrogens (primary N) is 1. The summed E-state index contributed by atoms with van der Waals surface area (Å²) in [5.41, 5.74) is 11.0. The van der Waals surface area contributed by atoms with Gasteiger partial charge in [-0.3, -0.25) is 19.6 Å². The normalized spacial score (nSPS) is 11.0. The molecule has 8 nitrogen and oxygen atoms in total. The van der Waals surface area contributed by atoms with Crippen molar-refractivity contribution in [3.8, 4) is 5.75 Å². The molecule has 4 aromatic rings. The number of aryl methyl sites for hydroxylation is 1. The quantitative estimate of drug-likeness (QED) is 0.238. The van der Waals surface area contributed by atoms with Crippen molar-refractivity contribution < 1.29 is 14.3 Å². The smallest absolute Gasteiger partial charge is 0.255 e. The highest BCUT2D eigenvalue weighted by Crippen LogP contribution is 2.27. The van der Waals surface area contributed by atoms with E-state index in [-0.39, 0.29) is 16.9 Å². The molecule has 2 amide bonds. The number of pyridine rings is 2. The van der Waals surface area contributed by atoms with Gasteiger partial charge in [-0.1, -0.05) is 33.4 Å². The van der Waals surface area contributed by atoms with E-state index >= 15 is 0 Å². The summed E-state index contributed by atoms with van der Waals surface area (Å²) in [6, 6.07) is 20.0. The molecule has 0 aliphatic carbocycles.